The highest BCUT2D eigenvalue weighted by Crippen LogP contribution is 2.35. The summed E-state index contributed by atoms with van der Waals surface area (Å²) in [7, 11) is 1.26. The molecule has 0 radical (unpaired) electrons. The third-order valence-corrected chi connectivity index (χ3v) is 4.22. The average Bonchev–Trinajstić information content (AvgIpc) is 2.69. The summed E-state index contributed by atoms with van der Waals surface area (Å²) in [5, 5.41) is 2.68. The number of rotatable bonds is 6. The number of ether oxygens (including phenoxy) is 2. The van der Waals surface area contributed by atoms with Gasteiger partial charge < -0.3 is 19.7 Å². The van der Waals surface area contributed by atoms with Gasteiger partial charge >= 0.3 is 5.97 Å². The van der Waals surface area contributed by atoms with Gasteiger partial charge in [0.15, 0.2) is 6.61 Å². The Morgan fingerprint density at radius 3 is 2.64 bits per heavy atom. The van der Waals surface area contributed by atoms with Gasteiger partial charge in [-0.15, -0.1) is 0 Å². The van der Waals surface area contributed by atoms with Crippen LogP contribution < -0.4 is 15.0 Å². The van der Waals surface area contributed by atoms with Crippen LogP contribution in [-0.4, -0.2) is 31.5 Å². The van der Waals surface area contributed by atoms with Gasteiger partial charge in [-0.1, -0.05) is 12.1 Å². The second-order valence-electron chi connectivity index (χ2n) is 6.20. The van der Waals surface area contributed by atoms with E-state index in [9.17, 15) is 18.8 Å². The molecule has 7 nitrogen and oxygen atoms in total. The summed E-state index contributed by atoms with van der Waals surface area (Å²) >= 11 is 0. The number of anilines is 2. The number of nitrogens with zero attached hydrogens (tertiary/aromatic N) is 1. The van der Waals surface area contributed by atoms with Gasteiger partial charge in [-0.05, 0) is 29.8 Å². The third kappa shape index (κ3) is 4.64. The molecule has 1 N–H and O–H groups in total. The van der Waals surface area contributed by atoms with Gasteiger partial charge in [-0.2, -0.15) is 0 Å². The topological polar surface area (TPSA) is 84.9 Å². The van der Waals surface area contributed by atoms with Crippen molar-refractivity contribution in [3.63, 3.8) is 0 Å². The maximum absolute atomic E-state index is 13.1. The Labute approximate surface area is 161 Å². The van der Waals surface area contributed by atoms with Crippen LogP contribution in [0.4, 0.5) is 15.8 Å². The summed E-state index contributed by atoms with van der Waals surface area (Å²) in [6, 6.07) is 10.9. The van der Waals surface area contributed by atoms with Crippen LogP contribution in [0.25, 0.3) is 0 Å². The number of esters is 1. The number of carbonyl (C=O) groups excluding carboxylic acids is 3. The number of methoxy groups -OCH3 is 1. The number of hydrogen-bond acceptors (Lipinski definition) is 5. The molecule has 0 saturated carbocycles. The minimum absolute atomic E-state index is 0.000205. The van der Waals surface area contributed by atoms with Crippen molar-refractivity contribution in [3.05, 3.63) is 53.8 Å². The summed E-state index contributed by atoms with van der Waals surface area (Å²) < 4.78 is 23.1. The van der Waals surface area contributed by atoms with E-state index in [0.717, 1.165) is 5.56 Å². The average molecular weight is 386 g/mol. The van der Waals surface area contributed by atoms with Crippen molar-refractivity contribution in [2.24, 2.45) is 0 Å². The van der Waals surface area contributed by atoms with Crippen LogP contribution in [0.3, 0.4) is 0 Å². The number of fused-ring (bicyclic) bond motifs is 1. The Morgan fingerprint density at radius 2 is 1.93 bits per heavy atom. The quantitative estimate of drug-likeness (QED) is 0.772. The van der Waals surface area contributed by atoms with E-state index >= 15 is 0 Å². The molecular formula is C20H19FN2O5. The number of amides is 2. The van der Waals surface area contributed by atoms with Gasteiger partial charge in [0.05, 0.1) is 25.8 Å². The van der Waals surface area contributed by atoms with Crippen molar-refractivity contribution in [1.29, 1.82) is 0 Å². The maximum atomic E-state index is 13.1. The van der Waals surface area contributed by atoms with Crippen molar-refractivity contribution >= 4 is 29.2 Å². The minimum atomic E-state index is -0.459. The van der Waals surface area contributed by atoms with Crippen LogP contribution in [0.2, 0.25) is 0 Å². The Balaban J connectivity index is 1.72. The zero-order chi connectivity index (χ0) is 20.1. The SMILES string of the molecule is COC(=O)CCC(=O)Nc1ccc2c(c1)OCC(=O)N2Cc1ccc(F)cc1. The summed E-state index contributed by atoms with van der Waals surface area (Å²) in [4.78, 5) is 36.9. The molecule has 8 heteroatoms. The van der Waals surface area contributed by atoms with Crippen LogP contribution in [0.15, 0.2) is 42.5 Å². The second-order valence-corrected chi connectivity index (χ2v) is 6.20. The fourth-order valence-electron chi connectivity index (χ4n) is 2.77. The molecule has 0 fully saturated rings. The molecule has 2 amide bonds. The standard InChI is InChI=1S/C20H19FN2O5/c1-27-20(26)9-8-18(24)22-15-6-7-16-17(10-15)28-12-19(25)23(16)11-13-2-4-14(21)5-3-13/h2-7,10H,8-9,11-12H2,1H3,(H,22,24). The van der Waals surface area contributed by atoms with Gasteiger partial charge in [0.1, 0.15) is 11.6 Å². The smallest absolute Gasteiger partial charge is 0.306 e. The van der Waals surface area contributed by atoms with Gasteiger partial charge in [-0.25, -0.2) is 4.39 Å². The van der Waals surface area contributed by atoms with E-state index in [-0.39, 0.29) is 43.6 Å². The highest BCUT2D eigenvalue weighted by molar-refractivity contribution is 5.99. The molecule has 1 aliphatic heterocycles. The maximum Gasteiger partial charge on any atom is 0.306 e. The molecule has 0 aliphatic carbocycles. The van der Waals surface area contributed by atoms with Crippen molar-refractivity contribution < 1.29 is 28.2 Å². The van der Waals surface area contributed by atoms with Gasteiger partial charge in [-0.3, -0.25) is 14.4 Å². The zero-order valence-electron chi connectivity index (χ0n) is 15.2. The van der Waals surface area contributed by atoms with Gasteiger partial charge in [0.25, 0.3) is 5.91 Å². The molecule has 28 heavy (non-hydrogen) atoms. The second kappa shape index (κ2) is 8.51. The first-order valence-corrected chi connectivity index (χ1v) is 8.64. The van der Waals surface area contributed by atoms with Gasteiger partial charge in [0, 0.05) is 18.2 Å². The molecule has 2 aromatic carbocycles. The highest BCUT2D eigenvalue weighted by atomic mass is 19.1. The lowest BCUT2D eigenvalue weighted by Crippen LogP contribution is -2.38. The summed E-state index contributed by atoms with van der Waals surface area (Å²) in [5.74, 6) is -0.900. The van der Waals surface area contributed by atoms with Crippen LogP contribution in [0, 0.1) is 5.82 Å². The summed E-state index contributed by atoms with van der Waals surface area (Å²) in [6.45, 7) is 0.147. The molecule has 0 atom stereocenters. The van der Waals surface area contributed by atoms with Crippen LogP contribution in [0.5, 0.6) is 5.75 Å². The minimum Gasteiger partial charge on any atom is -0.481 e. The fourth-order valence-corrected chi connectivity index (χ4v) is 2.77. The molecule has 0 saturated heterocycles. The zero-order valence-corrected chi connectivity index (χ0v) is 15.2. The predicted molar refractivity (Wildman–Crippen MR) is 99.4 cm³/mol. The van der Waals surface area contributed by atoms with Crippen molar-refractivity contribution in [3.8, 4) is 5.75 Å². The van der Waals surface area contributed by atoms with E-state index in [1.807, 2.05) is 0 Å². The molecule has 1 heterocycles. The summed E-state index contributed by atoms with van der Waals surface area (Å²) in [6.07, 6.45) is -0.0104. The molecule has 1 aliphatic rings. The van der Waals surface area contributed by atoms with E-state index in [4.69, 9.17) is 4.74 Å². The number of hydrogen-bond donors (Lipinski definition) is 1. The Bertz CT molecular complexity index is 898. The largest absolute Gasteiger partial charge is 0.481 e. The molecule has 2 aromatic rings. The van der Waals surface area contributed by atoms with Crippen molar-refractivity contribution in [2.45, 2.75) is 19.4 Å². The van der Waals surface area contributed by atoms with E-state index < -0.39 is 5.97 Å². The summed E-state index contributed by atoms with van der Waals surface area (Å²) in [5.41, 5.74) is 1.83. The lowest BCUT2D eigenvalue weighted by molar-refractivity contribution is -0.141. The van der Waals surface area contributed by atoms with E-state index in [0.29, 0.717) is 17.1 Å². The number of nitrogens with one attached hydrogen (secondary N) is 1. The van der Waals surface area contributed by atoms with E-state index in [2.05, 4.69) is 10.1 Å². The number of halogens is 1. The van der Waals surface area contributed by atoms with Crippen LogP contribution in [-0.2, 0) is 25.7 Å². The predicted octanol–water partition coefficient (Wildman–Crippen LogP) is 2.64. The monoisotopic (exact) mass is 386 g/mol. The van der Waals surface area contributed by atoms with Crippen molar-refractivity contribution in [2.75, 3.05) is 23.9 Å². The van der Waals surface area contributed by atoms with Crippen molar-refractivity contribution in [1.82, 2.24) is 0 Å². The molecular weight excluding hydrogens is 367 g/mol. The lowest BCUT2D eigenvalue weighted by Gasteiger charge is -2.29. The van der Waals surface area contributed by atoms with E-state index in [1.165, 1.54) is 19.2 Å². The third-order valence-electron chi connectivity index (χ3n) is 4.22. The molecule has 0 aromatic heterocycles. The van der Waals surface area contributed by atoms with Crippen LogP contribution in [0.1, 0.15) is 18.4 Å². The fraction of sp³-hybridized carbons (Fsp3) is 0.250. The first-order chi connectivity index (χ1) is 13.5. The Kier molecular flexibility index (Phi) is 5.88. The molecule has 3 rings (SSSR count). The van der Waals surface area contributed by atoms with Gasteiger partial charge in [0.2, 0.25) is 5.91 Å². The first-order valence-electron chi connectivity index (χ1n) is 8.64. The Morgan fingerprint density at radius 1 is 1.18 bits per heavy atom. The van der Waals surface area contributed by atoms with E-state index in [1.54, 1.807) is 35.2 Å². The normalized spacial score (nSPS) is 12.8. The lowest BCUT2D eigenvalue weighted by atomic mass is 10.1. The highest BCUT2D eigenvalue weighted by Gasteiger charge is 2.26. The number of benzene rings is 2. The molecule has 146 valence electrons. The molecule has 0 unspecified atom stereocenters. The first kappa shape index (κ1) is 19.3. The molecule has 0 bridgehead atoms. The molecule has 0 spiro atoms. The Hall–Kier alpha value is -3.42. The van der Waals surface area contributed by atoms with Crippen LogP contribution >= 0.6 is 0 Å². The number of carbonyl (C=O) groups is 3.